The first-order chi connectivity index (χ1) is 13.3. The monoisotopic (exact) mass is 363 g/mol. The number of nitrogens with zero attached hydrogens (tertiary/aromatic N) is 3. The molecular formula is C20H17N3O4. The molecule has 1 amide bonds. The fourth-order valence-corrected chi connectivity index (χ4v) is 3.47. The van der Waals surface area contributed by atoms with Gasteiger partial charge >= 0.3 is 0 Å². The number of aromatic nitrogens is 2. The van der Waals surface area contributed by atoms with E-state index in [4.69, 9.17) is 13.3 Å². The molecule has 1 aliphatic rings. The lowest BCUT2D eigenvalue weighted by Crippen LogP contribution is -2.37. The predicted octanol–water partition coefficient (Wildman–Crippen LogP) is 4.10. The van der Waals surface area contributed by atoms with Crippen LogP contribution in [0.2, 0.25) is 0 Å². The highest BCUT2D eigenvalue weighted by molar-refractivity contribution is 5.96. The van der Waals surface area contributed by atoms with Crippen molar-refractivity contribution in [1.29, 1.82) is 0 Å². The Morgan fingerprint density at radius 1 is 1.04 bits per heavy atom. The molecule has 0 saturated carbocycles. The molecule has 1 fully saturated rings. The van der Waals surface area contributed by atoms with Gasteiger partial charge in [0.15, 0.2) is 11.5 Å². The summed E-state index contributed by atoms with van der Waals surface area (Å²) in [7, 11) is 0. The highest BCUT2D eigenvalue weighted by atomic mass is 16.4. The van der Waals surface area contributed by atoms with E-state index in [0.717, 1.165) is 23.8 Å². The van der Waals surface area contributed by atoms with E-state index in [2.05, 4.69) is 10.2 Å². The van der Waals surface area contributed by atoms with E-state index < -0.39 is 0 Å². The molecule has 4 heterocycles. The molecule has 0 aliphatic carbocycles. The summed E-state index contributed by atoms with van der Waals surface area (Å²) in [5.41, 5.74) is 0.729. The number of likely N-dealkylation sites (tertiary alicyclic amines) is 1. The molecule has 7 nitrogen and oxygen atoms in total. The SMILES string of the molecule is O=C(c1cc2ccccc2o1)N1CCC(c2nnc(-c3ccco3)o2)CC1. The van der Waals surface area contributed by atoms with Crippen LogP contribution in [0.25, 0.3) is 22.6 Å². The van der Waals surface area contributed by atoms with Crippen molar-refractivity contribution >= 4 is 16.9 Å². The van der Waals surface area contributed by atoms with Crippen LogP contribution in [-0.4, -0.2) is 34.1 Å². The third-order valence-electron chi connectivity index (χ3n) is 4.94. The van der Waals surface area contributed by atoms with Crippen molar-refractivity contribution in [2.24, 2.45) is 0 Å². The van der Waals surface area contributed by atoms with Gasteiger partial charge in [-0.1, -0.05) is 18.2 Å². The molecule has 136 valence electrons. The minimum absolute atomic E-state index is 0.0774. The number of fused-ring (bicyclic) bond motifs is 1. The summed E-state index contributed by atoms with van der Waals surface area (Å²) in [4.78, 5) is 14.6. The normalized spacial score (nSPS) is 15.5. The van der Waals surface area contributed by atoms with Gasteiger partial charge in [0, 0.05) is 24.4 Å². The standard InChI is InChI=1S/C20H17N3O4/c24-20(17-12-14-4-1-2-5-15(14)26-17)23-9-7-13(8-10-23)18-21-22-19(27-18)16-6-3-11-25-16/h1-6,11-13H,7-10H2. The van der Waals surface area contributed by atoms with Crippen molar-refractivity contribution in [3.8, 4) is 11.7 Å². The number of amides is 1. The summed E-state index contributed by atoms with van der Waals surface area (Å²) in [5.74, 6) is 1.99. The zero-order valence-corrected chi connectivity index (χ0v) is 14.5. The van der Waals surface area contributed by atoms with Crippen molar-refractivity contribution in [2.75, 3.05) is 13.1 Å². The van der Waals surface area contributed by atoms with Gasteiger partial charge in [0.1, 0.15) is 5.58 Å². The molecule has 0 bridgehead atoms. The Morgan fingerprint density at radius 3 is 2.67 bits per heavy atom. The lowest BCUT2D eigenvalue weighted by Gasteiger charge is -2.29. The van der Waals surface area contributed by atoms with Gasteiger partial charge in [-0.2, -0.15) is 0 Å². The maximum Gasteiger partial charge on any atom is 0.289 e. The third-order valence-corrected chi connectivity index (χ3v) is 4.94. The molecule has 1 aromatic carbocycles. The Hall–Kier alpha value is -3.35. The first-order valence-corrected chi connectivity index (χ1v) is 8.93. The summed E-state index contributed by atoms with van der Waals surface area (Å²) in [6.07, 6.45) is 3.11. The zero-order chi connectivity index (χ0) is 18.2. The van der Waals surface area contributed by atoms with Crippen molar-refractivity contribution in [3.05, 3.63) is 60.4 Å². The first kappa shape index (κ1) is 15.9. The molecule has 5 rings (SSSR count). The van der Waals surface area contributed by atoms with E-state index in [-0.39, 0.29) is 11.8 Å². The van der Waals surface area contributed by atoms with Crippen molar-refractivity contribution < 1.29 is 18.0 Å². The average Bonchev–Trinajstić information content (AvgIpc) is 3.47. The Morgan fingerprint density at radius 2 is 1.89 bits per heavy atom. The van der Waals surface area contributed by atoms with Crippen LogP contribution < -0.4 is 0 Å². The van der Waals surface area contributed by atoms with Crippen molar-refractivity contribution in [1.82, 2.24) is 15.1 Å². The minimum Gasteiger partial charge on any atom is -0.459 e. The molecule has 4 aromatic rings. The second-order valence-electron chi connectivity index (χ2n) is 6.64. The molecular weight excluding hydrogens is 346 g/mol. The van der Waals surface area contributed by atoms with E-state index in [0.29, 0.717) is 36.4 Å². The van der Waals surface area contributed by atoms with Crippen LogP contribution >= 0.6 is 0 Å². The molecule has 7 heteroatoms. The molecule has 0 spiro atoms. The number of furan rings is 2. The summed E-state index contributed by atoms with van der Waals surface area (Å²) in [5, 5.41) is 9.15. The quantitative estimate of drug-likeness (QED) is 0.545. The molecule has 0 radical (unpaired) electrons. The molecule has 1 saturated heterocycles. The number of para-hydroxylation sites is 1. The maximum atomic E-state index is 12.7. The number of rotatable bonds is 3. The molecule has 0 N–H and O–H groups in total. The van der Waals surface area contributed by atoms with Gasteiger partial charge in [-0.3, -0.25) is 4.79 Å². The molecule has 3 aromatic heterocycles. The largest absolute Gasteiger partial charge is 0.459 e. The maximum absolute atomic E-state index is 12.7. The number of piperidine rings is 1. The van der Waals surface area contributed by atoms with E-state index >= 15 is 0 Å². The van der Waals surface area contributed by atoms with Gasteiger partial charge in [-0.15, -0.1) is 10.2 Å². The smallest absolute Gasteiger partial charge is 0.289 e. The van der Waals surface area contributed by atoms with Gasteiger partial charge in [0.25, 0.3) is 11.8 Å². The number of hydrogen-bond acceptors (Lipinski definition) is 6. The lowest BCUT2D eigenvalue weighted by atomic mass is 9.96. The van der Waals surface area contributed by atoms with E-state index in [1.807, 2.05) is 29.2 Å². The van der Waals surface area contributed by atoms with Crippen LogP contribution in [0.3, 0.4) is 0 Å². The van der Waals surface area contributed by atoms with Crippen LogP contribution in [0.1, 0.15) is 35.2 Å². The number of benzene rings is 1. The topological polar surface area (TPSA) is 85.5 Å². The van der Waals surface area contributed by atoms with Crippen LogP contribution in [0.5, 0.6) is 0 Å². The molecule has 27 heavy (non-hydrogen) atoms. The summed E-state index contributed by atoms with van der Waals surface area (Å²) < 4.78 is 16.7. The Labute approximate surface area is 154 Å². The number of carbonyl (C=O) groups is 1. The summed E-state index contributed by atoms with van der Waals surface area (Å²) in [6, 6.07) is 13.0. The third kappa shape index (κ3) is 2.91. The van der Waals surface area contributed by atoms with E-state index in [1.165, 1.54) is 0 Å². The minimum atomic E-state index is -0.0774. The summed E-state index contributed by atoms with van der Waals surface area (Å²) in [6.45, 7) is 1.25. The van der Waals surface area contributed by atoms with Crippen LogP contribution in [0.4, 0.5) is 0 Å². The fourth-order valence-electron chi connectivity index (χ4n) is 3.47. The lowest BCUT2D eigenvalue weighted by molar-refractivity contribution is 0.0676. The number of hydrogen-bond donors (Lipinski definition) is 0. The fraction of sp³-hybridized carbons (Fsp3) is 0.250. The van der Waals surface area contributed by atoms with Crippen molar-refractivity contribution in [3.63, 3.8) is 0 Å². The second kappa shape index (κ2) is 6.42. The highest BCUT2D eigenvalue weighted by Gasteiger charge is 2.29. The van der Waals surface area contributed by atoms with Gasteiger partial charge in [0.05, 0.1) is 6.26 Å². The number of carbonyl (C=O) groups excluding carboxylic acids is 1. The van der Waals surface area contributed by atoms with Gasteiger partial charge in [-0.05, 0) is 37.1 Å². The first-order valence-electron chi connectivity index (χ1n) is 8.93. The zero-order valence-electron chi connectivity index (χ0n) is 14.5. The van der Waals surface area contributed by atoms with Crippen molar-refractivity contribution in [2.45, 2.75) is 18.8 Å². The molecule has 0 atom stereocenters. The van der Waals surface area contributed by atoms with Crippen LogP contribution in [0.15, 0.2) is 62.0 Å². The Kier molecular flexibility index (Phi) is 3.78. The van der Waals surface area contributed by atoms with E-state index in [9.17, 15) is 4.79 Å². The van der Waals surface area contributed by atoms with Crippen LogP contribution in [0, 0.1) is 0 Å². The molecule has 0 unspecified atom stereocenters. The Bertz CT molecular complexity index is 1040. The van der Waals surface area contributed by atoms with E-state index in [1.54, 1.807) is 24.5 Å². The Balaban J connectivity index is 1.26. The predicted molar refractivity (Wildman–Crippen MR) is 96.1 cm³/mol. The second-order valence-corrected chi connectivity index (χ2v) is 6.64. The average molecular weight is 363 g/mol. The van der Waals surface area contributed by atoms with Gasteiger partial charge in [0.2, 0.25) is 5.89 Å². The molecule has 1 aliphatic heterocycles. The highest BCUT2D eigenvalue weighted by Crippen LogP contribution is 2.30. The van der Waals surface area contributed by atoms with Gasteiger partial charge < -0.3 is 18.2 Å². The summed E-state index contributed by atoms with van der Waals surface area (Å²) >= 11 is 0. The van der Waals surface area contributed by atoms with Crippen LogP contribution in [-0.2, 0) is 0 Å². The van der Waals surface area contributed by atoms with Gasteiger partial charge in [-0.25, -0.2) is 0 Å².